The molecule has 2 amide bonds. The molecule has 3 aromatic rings. The van der Waals surface area contributed by atoms with Crippen molar-refractivity contribution in [2.45, 2.75) is 13.5 Å². The van der Waals surface area contributed by atoms with Crippen molar-refractivity contribution in [2.24, 2.45) is 0 Å². The van der Waals surface area contributed by atoms with Crippen LogP contribution in [0.5, 0.6) is 0 Å². The third kappa shape index (κ3) is 6.35. The minimum atomic E-state index is -0.404. The van der Waals surface area contributed by atoms with Gasteiger partial charge in [0.25, 0.3) is 11.8 Å². The maximum absolute atomic E-state index is 12.9. The summed E-state index contributed by atoms with van der Waals surface area (Å²) in [6.07, 6.45) is 1.67. The Morgan fingerprint density at radius 3 is 2.45 bits per heavy atom. The van der Waals surface area contributed by atoms with Gasteiger partial charge in [0.1, 0.15) is 5.82 Å². The van der Waals surface area contributed by atoms with Gasteiger partial charge in [0, 0.05) is 47.9 Å². The van der Waals surface area contributed by atoms with Gasteiger partial charge in [-0.3, -0.25) is 14.5 Å². The van der Waals surface area contributed by atoms with Crippen LogP contribution >= 0.6 is 23.4 Å². The van der Waals surface area contributed by atoms with Gasteiger partial charge in [-0.05, 0) is 54.4 Å². The van der Waals surface area contributed by atoms with Crippen molar-refractivity contribution in [3.63, 3.8) is 0 Å². The van der Waals surface area contributed by atoms with Crippen LogP contribution in [0.3, 0.4) is 0 Å². The quantitative estimate of drug-likeness (QED) is 0.513. The molecular weight excluding hydrogens is 456 g/mol. The highest BCUT2D eigenvalue weighted by Crippen LogP contribution is 2.23. The first-order chi connectivity index (χ1) is 16.0. The predicted octanol–water partition coefficient (Wildman–Crippen LogP) is 5.10. The predicted molar refractivity (Wildman–Crippen MR) is 135 cm³/mol. The molecule has 0 saturated carbocycles. The first kappa shape index (κ1) is 23.3. The summed E-state index contributed by atoms with van der Waals surface area (Å²) in [5.41, 5.74) is 3.33. The lowest BCUT2D eigenvalue weighted by Gasteiger charge is -2.26. The van der Waals surface area contributed by atoms with Gasteiger partial charge in [0.05, 0.1) is 11.3 Å². The van der Waals surface area contributed by atoms with Crippen LogP contribution in [0.1, 0.15) is 31.8 Å². The molecule has 0 radical (unpaired) electrons. The highest BCUT2D eigenvalue weighted by molar-refractivity contribution is 7.99. The van der Waals surface area contributed by atoms with Crippen LogP contribution < -0.4 is 10.6 Å². The van der Waals surface area contributed by atoms with Gasteiger partial charge in [-0.25, -0.2) is 4.98 Å². The van der Waals surface area contributed by atoms with Crippen LogP contribution in [0, 0.1) is 6.92 Å². The number of anilines is 2. The number of aryl methyl sites for hydroxylation is 1. The Labute approximate surface area is 202 Å². The van der Waals surface area contributed by atoms with Crippen molar-refractivity contribution in [2.75, 3.05) is 35.2 Å². The van der Waals surface area contributed by atoms with E-state index in [0.717, 1.165) is 36.7 Å². The molecule has 0 bridgehead atoms. The second kappa shape index (κ2) is 10.8. The van der Waals surface area contributed by atoms with Crippen LogP contribution in [-0.2, 0) is 6.54 Å². The van der Waals surface area contributed by atoms with Crippen LogP contribution in [0.15, 0.2) is 60.8 Å². The fourth-order valence-electron chi connectivity index (χ4n) is 3.51. The number of halogens is 1. The first-order valence-corrected chi connectivity index (χ1v) is 12.3. The molecule has 0 atom stereocenters. The van der Waals surface area contributed by atoms with Crippen molar-refractivity contribution in [1.82, 2.24) is 9.88 Å². The van der Waals surface area contributed by atoms with Gasteiger partial charge in [0.2, 0.25) is 0 Å². The molecule has 0 aliphatic carbocycles. The highest BCUT2D eigenvalue weighted by atomic mass is 35.5. The zero-order chi connectivity index (χ0) is 23.2. The summed E-state index contributed by atoms with van der Waals surface area (Å²) in [4.78, 5) is 32.3. The van der Waals surface area contributed by atoms with E-state index in [1.165, 1.54) is 11.6 Å². The zero-order valence-electron chi connectivity index (χ0n) is 18.3. The van der Waals surface area contributed by atoms with Crippen LogP contribution in [0.2, 0.25) is 5.02 Å². The van der Waals surface area contributed by atoms with E-state index in [1.807, 2.05) is 49.0 Å². The van der Waals surface area contributed by atoms with E-state index < -0.39 is 5.91 Å². The molecule has 0 unspecified atom stereocenters. The molecule has 2 N–H and O–H groups in total. The maximum atomic E-state index is 12.9. The number of aromatic nitrogens is 1. The van der Waals surface area contributed by atoms with E-state index in [2.05, 4.69) is 20.5 Å². The maximum Gasteiger partial charge on any atom is 0.258 e. The van der Waals surface area contributed by atoms with Gasteiger partial charge >= 0.3 is 0 Å². The second-order valence-corrected chi connectivity index (χ2v) is 9.57. The van der Waals surface area contributed by atoms with E-state index >= 15 is 0 Å². The van der Waals surface area contributed by atoms with Gasteiger partial charge in [-0.1, -0.05) is 29.8 Å². The van der Waals surface area contributed by atoms with Gasteiger partial charge < -0.3 is 10.6 Å². The number of thioether (sulfide) groups is 1. The monoisotopic (exact) mass is 480 g/mol. The lowest BCUT2D eigenvalue weighted by atomic mass is 10.1. The summed E-state index contributed by atoms with van der Waals surface area (Å²) < 4.78 is 0. The van der Waals surface area contributed by atoms with Gasteiger partial charge in [-0.15, -0.1) is 0 Å². The summed E-state index contributed by atoms with van der Waals surface area (Å²) in [6.45, 7) is 4.98. The highest BCUT2D eigenvalue weighted by Gasteiger charge is 2.16. The molecule has 2 aromatic carbocycles. The van der Waals surface area contributed by atoms with Crippen molar-refractivity contribution >= 4 is 46.7 Å². The number of pyridine rings is 1. The number of carbonyl (C=O) groups excluding carboxylic acids is 2. The molecule has 33 heavy (non-hydrogen) atoms. The van der Waals surface area contributed by atoms with Crippen LogP contribution in [-0.4, -0.2) is 46.3 Å². The van der Waals surface area contributed by atoms with Crippen molar-refractivity contribution in [3.8, 4) is 0 Å². The van der Waals surface area contributed by atoms with Crippen molar-refractivity contribution < 1.29 is 9.59 Å². The summed E-state index contributed by atoms with van der Waals surface area (Å²) >= 11 is 8.11. The Balaban J connectivity index is 1.45. The number of hydrogen-bond donors (Lipinski definition) is 2. The van der Waals surface area contributed by atoms with Crippen LogP contribution in [0.4, 0.5) is 11.5 Å². The lowest BCUT2D eigenvalue weighted by molar-refractivity contribution is 0.102. The first-order valence-electron chi connectivity index (χ1n) is 10.7. The zero-order valence-corrected chi connectivity index (χ0v) is 19.9. The summed E-state index contributed by atoms with van der Waals surface area (Å²) in [5.74, 6) is 2.06. The smallest absolute Gasteiger partial charge is 0.258 e. The number of nitrogens with one attached hydrogen (secondary N) is 2. The molecular formula is C25H25ClN4O2S. The average Bonchev–Trinajstić information content (AvgIpc) is 2.83. The molecule has 4 rings (SSSR count). The Bertz CT molecular complexity index is 1130. The van der Waals surface area contributed by atoms with Crippen molar-refractivity contribution in [3.05, 3.63) is 88.1 Å². The van der Waals surface area contributed by atoms with Crippen LogP contribution in [0.25, 0.3) is 0 Å². The minimum absolute atomic E-state index is 0.262. The van der Waals surface area contributed by atoms with E-state index in [-0.39, 0.29) is 11.5 Å². The standard InChI is InChI=1S/C25H25ClN4O2S/c1-17-2-9-23(27-15-17)29-25(32)21-14-20(26)7-8-22(21)28-24(31)19-5-3-18(4-6-19)16-30-10-12-33-13-11-30/h2-9,14-15H,10-13,16H2,1H3,(H,28,31)(H,27,29,32). The minimum Gasteiger partial charge on any atom is -0.321 e. The SMILES string of the molecule is Cc1ccc(NC(=O)c2cc(Cl)ccc2NC(=O)c2ccc(CN3CCSCC3)cc2)nc1. The third-order valence-electron chi connectivity index (χ3n) is 5.35. The molecule has 2 heterocycles. The molecule has 6 nitrogen and oxygen atoms in total. The molecule has 1 saturated heterocycles. The Kier molecular flexibility index (Phi) is 7.65. The number of nitrogens with zero attached hydrogens (tertiary/aromatic N) is 2. The van der Waals surface area contributed by atoms with Gasteiger partial charge in [0.15, 0.2) is 0 Å². The number of carbonyl (C=O) groups is 2. The summed E-state index contributed by atoms with van der Waals surface area (Å²) in [5, 5.41) is 5.98. The molecule has 0 spiro atoms. The summed E-state index contributed by atoms with van der Waals surface area (Å²) in [7, 11) is 0. The topological polar surface area (TPSA) is 74.3 Å². The lowest BCUT2D eigenvalue weighted by Crippen LogP contribution is -2.31. The molecule has 8 heteroatoms. The second-order valence-electron chi connectivity index (χ2n) is 7.90. The van der Waals surface area contributed by atoms with E-state index in [4.69, 9.17) is 11.6 Å². The molecule has 1 fully saturated rings. The number of amides is 2. The third-order valence-corrected chi connectivity index (χ3v) is 6.53. The normalized spacial score (nSPS) is 14.0. The Hall–Kier alpha value is -2.87. The fourth-order valence-corrected chi connectivity index (χ4v) is 4.66. The molecule has 170 valence electrons. The molecule has 1 aromatic heterocycles. The van der Waals surface area contributed by atoms with E-state index in [1.54, 1.807) is 24.4 Å². The number of rotatable bonds is 6. The van der Waals surface area contributed by atoms with Crippen molar-refractivity contribution in [1.29, 1.82) is 0 Å². The molecule has 1 aliphatic heterocycles. The number of hydrogen-bond acceptors (Lipinski definition) is 5. The average molecular weight is 481 g/mol. The summed E-state index contributed by atoms with van der Waals surface area (Å²) in [6, 6.07) is 16.0. The van der Waals surface area contributed by atoms with Gasteiger partial charge in [-0.2, -0.15) is 11.8 Å². The Morgan fingerprint density at radius 1 is 1.00 bits per heavy atom. The van der Waals surface area contributed by atoms with E-state index in [9.17, 15) is 9.59 Å². The fraction of sp³-hybridized carbons (Fsp3) is 0.240. The largest absolute Gasteiger partial charge is 0.321 e. The van der Waals surface area contributed by atoms with E-state index in [0.29, 0.717) is 22.1 Å². The number of benzene rings is 2. The molecule has 1 aliphatic rings. The Morgan fingerprint density at radius 2 is 1.76 bits per heavy atom.